The van der Waals surface area contributed by atoms with Crippen LogP contribution in [0.5, 0.6) is 28.7 Å². The van der Waals surface area contributed by atoms with Gasteiger partial charge in [-0.1, -0.05) is 30.3 Å². The first-order valence-electron chi connectivity index (χ1n) is 10.7. The molecule has 7 nitrogen and oxygen atoms in total. The van der Waals surface area contributed by atoms with E-state index in [0.29, 0.717) is 34.2 Å². The smallest absolute Gasteiger partial charge is 0.259 e. The standard InChI is InChI=1S/C27H23NO6/c1-30-17-12-10-16(11-13-17)24-18-6-4-8-21(20(18)14-23(31-2)26(24)32-3)28-27(29)19-7-5-9-22-25(19)34-15-33-22/h4-14H,15H2,1-3H3,(H,28,29). The number of nitrogens with one attached hydrogen (secondary N) is 1. The summed E-state index contributed by atoms with van der Waals surface area (Å²) in [5, 5.41) is 4.74. The Labute approximate surface area is 196 Å². The van der Waals surface area contributed by atoms with Crippen LogP contribution in [-0.2, 0) is 0 Å². The van der Waals surface area contributed by atoms with Crippen molar-refractivity contribution in [2.24, 2.45) is 0 Å². The molecule has 0 aliphatic carbocycles. The van der Waals surface area contributed by atoms with Gasteiger partial charge in [-0.2, -0.15) is 0 Å². The molecule has 1 amide bonds. The van der Waals surface area contributed by atoms with E-state index in [2.05, 4.69) is 5.32 Å². The van der Waals surface area contributed by atoms with Gasteiger partial charge in [0, 0.05) is 16.6 Å². The van der Waals surface area contributed by atoms with Crippen LogP contribution in [0.4, 0.5) is 5.69 Å². The van der Waals surface area contributed by atoms with Crippen molar-refractivity contribution in [3.63, 3.8) is 0 Å². The number of benzene rings is 4. The quantitative estimate of drug-likeness (QED) is 0.411. The minimum atomic E-state index is -0.296. The Bertz CT molecular complexity index is 1380. The molecule has 0 saturated heterocycles. The van der Waals surface area contributed by atoms with E-state index in [9.17, 15) is 4.79 Å². The lowest BCUT2D eigenvalue weighted by Crippen LogP contribution is -2.13. The number of amides is 1. The van der Waals surface area contributed by atoms with Gasteiger partial charge in [0.25, 0.3) is 5.91 Å². The summed E-state index contributed by atoms with van der Waals surface area (Å²) in [4.78, 5) is 13.2. The minimum absolute atomic E-state index is 0.0934. The van der Waals surface area contributed by atoms with E-state index in [0.717, 1.165) is 27.6 Å². The summed E-state index contributed by atoms with van der Waals surface area (Å²) < 4.78 is 27.6. The molecular formula is C27H23NO6. The molecule has 0 saturated carbocycles. The van der Waals surface area contributed by atoms with Crippen LogP contribution in [0, 0.1) is 0 Å². The number of rotatable bonds is 6. The molecule has 5 rings (SSSR count). The molecule has 0 fully saturated rings. The van der Waals surface area contributed by atoms with Gasteiger partial charge < -0.3 is 29.0 Å². The summed E-state index contributed by atoms with van der Waals surface area (Å²) in [6.45, 7) is 0.0934. The predicted octanol–water partition coefficient (Wildman–Crippen LogP) is 5.51. The maximum atomic E-state index is 13.2. The molecular weight excluding hydrogens is 434 g/mol. The number of hydrogen-bond acceptors (Lipinski definition) is 6. The molecule has 0 spiro atoms. The zero-order valence-electron chi connectivity index (χ0n) is 19.0. The molecule has 0 radical (unpaired) electrons. The van der Waals surface area contributed by atoms with Crippen LogP contribution < -0.4 is 29.0 Å². The minimum Gasteiger partial charge on any atom is -0.497 e. The third-order valence-corrected chi connectivity index (χ3v) is 5.79. The highest BCUT2D eigenvalue weighted by molar-refractivity contribution is 6.14. The normalized spacial score (nSPS) is 11.9. The van der Waals surface area contributed by atoms with Crippen LogP contribution in [0.15, 0.2) is 66.7 Å². The van der Waals surface area contributed by atoms with E-state index >= 15 is 0 Å². The molecule has 172 valence electrons. The molecule has 1 N–H and O–H groups in total. The molecule has 0 aromatic heterocycles. The number of hydrogen-bond donors (Lipinski definition) is 1. The highest BCUT2D eigenvalue weighted by atomic mass is 16.7. The Morgan fingerprint density at radius 2 is 1.65 bits per heavy atom. The van der Waals surface area contributed by atoms with Gasteiger partial charge in [-0.15, -0.1) is 0 Å². The lowest BCUT2D eigenvalue weighted by molar-refractivity contribution is 0.102. The Morgan fingerprint density at radius 1 is 0.853 bits per heavy atom. The Morgan fingerprint density at radius 3 is 2.38 bits per heavy atom. The molecule has 4 aromatic carbocycles. The lowest BCUT2D eigenvalue weighted by Gasteiger charge is -2.18. The summed E-state index contributed by atoms with van der Waals surface area (Å²) in [5.41, 5.74) is 2.82. The van der Waals surface area contributed by atoms with Gasteiger partial charge in [0.1, 0.15) is 5.75 Å². The molecule has 0 bridgehead atoms. The maximum Gasteiger partial charge on any atom is 0.259 e. The van der Waals surface area contributed by atoms with Gasteiger partial charge in [-0.05, 0) is 47.3 Å². The molecule has 1 aliphatic rings. The molecule has 0 unspecified atom stereocenters. The maximum absolute atomic E-state index is 13.2. The van der Waals surface area contributed by atoms with E-state index in [1.54, 1.807) is 39.5 Å². The molecule has 1 aliphatic heterocycles. The van der Waals surface area contributed by atoms with Crippen molar-refractivity contribution < 1.29 is 28.5 Å². The van der Waals surface area contributed by atoms with Crippen molar-refractivity contribution in [3.05, 3.63) is 72.3 Å². The van der Waals surface area contributed by atoms with Crippen LogP contribution in [0.1, 0.15) is 10.4 Å². The highest BCUT2D eigenvalue weighted by Crippen LogP contribution is 2.46. The predicted molar refractivity (Wildman–Crippen MR) is 130 cm³/mol. The van der Waals surface area contributed by atoms with Gasteiger partial charge in [0.2, 0.25) is 6.79 Å². The van der Waals surface area contributed by atoms with Crippen LogP contribution in [0.3, 0.4) is 0 Å². The average molecular weight is 457 g/mol. The first kappa shape index (κ1) is 21.5. The van der Waals surface area contributed by atoms with E-state index in [4.69, 9.17) is 23.7 Å². The second-order valence-electron chi connectivity index (χ2n) is 7.61. The number of methoxy groups -OCH3 is 3. The molecule has 34 heavy (non-hydrogen) atoms. The van der Waals surface area contributed by atoms with E-state index in [1.807, 2.05) is 48.5 Å². The largest absolute Gasteiger partial charge is 0.497 e. The van der Waals surface area contributed by atoms with E-state index < -0.39 is 0 Å². The van der Waals surface area contributed by atoms with Crippen molar-refractivity contribution in [3.8, 4) is 39.9 Å². The molecule has 1 heterocycles. The zero-order chi connectivity index (χ0) is 23.7. The average Bonchev–Trinajstić information content (AvgIpc) is 3.37. The topological polar surface area (TPSA) is 75.2 Å². The Balaban J connectivity index is 1.64. The van der Waals surface area contributed by atoms with E-state index in [1.165, 1.54) is 0 Å². The van der Waals surface area contributed by atoms with Crippen molar-refractivity contribution in [1.82, 2.24) is 0 Å². The number of para-hydroxylation sites is 1. The fourth-order valence-corrected chi connectivity index (χ4v) is 4.19. The SMILES string of the molecule is COc1ccc(-c2c(OC)c(OC)cc3c(NC(=O)c4cccc5c4OCO5)cccc23)cc1. The first-order valence-corrected chi connectivity index (χ1v) is 10.7. The Hall–Kier alpha value is -4.39. The van der Waals surface area contributed by atoms with Gasteiger partial charge in [-0.25, -0.2) is 0 Å². The van der Waals surface area contributed by atoms with Gasteiger partial charge in [0.15, 0.2) is 23.0 Å². The first-order chi connectivity index (χ1) is 16.6. The summed E-state index contributed by atoms with van der Waals surface area (Å²) >= 11 is 0. The van der Waals surface area contributed by atoms with Gasteiger partial charge in [-0.3, -0.25) is 4.79 Å². The van der Waals surface area contributed by atoms with Gasteiger partial charge in [0.05, 0.1) is 26.9 Å². The molecule has 4 aromatic rings. The van der Waals surface area contributed by atoms with Crippen LogP contribution in [0.2, 0.25) is 0 Å². The lowest BCUT2D eigenvalue weighted by atomic mass is 9.95. The number of anilines is 1. The third kappa shape index (κ3) is 3.61. The second-order valence-corrected chi connectivity index (χ2v) is 7.61. The van der Waals surface area contributed by atoms with Crippen molar-refractivity contribution in [2.45, 2.75) is 0 Å². The number of fused-ring (bicyclic) bond motifs is 2. The molecule has 7 heteroatoms. The second kappa shape index (κ2) is 8.86. The number of carbonyl (C=O) groups excluding carboxylic acids is 1. The third-order valence-electron chi connectivity index (χ3n) is 5.79. The van der Waals surface area contributed by atoms with Gasteiger partial charge >= 0.3 is 0 Å². The van der Waals surface area contributed by atoms with Crippen molar-refractivity contribution in [2.75, 3.05) is 33.4 Å². The summed E-state index contributed by atoms with van der Waals surface area (Å²) in [7, 11) is 4.83. The highest BCUT2D eigenvalue weighted by Gasteiger charge is 2.23. The van der Waals surface area contributed by atoms with Crippen LogP contribution >= 0.6 is 0 Å². The zero-order valence-corrected chi connectivity index (χ0v) is 19.0. The monoisotopic (exact) mass is 457 g/mol. The fraction of sp³-hybridized carbons (Fsp3) is 0.148. The van der Waals surface area contributed by atoms with Crippen LogP contribution in [-0.4, -0.2) is 34.0 Å². The van der Waals surface area contributed by atoms with E-state index in [-0.39, 0.29) is 12.7 Å². The fourth-order valence-electron chi connectivity index (χ4n) is 4.19. The van der Waals surface area contributed by atoms with Crippen molar-refractivity contribution in [1.29, 1.82) is 0 Å². The Kier molecular flexibility index (Phi) is 5.59. The number of ether oxygens (including phenoxy) is 5. The van der Waals surface area contributed by atoms with Crippen molar-refractivity contribution >= 4 is 22.4 Å². The summed E-state index contributed by atoms with van der Waals surface area (Å²) in [6, 6.07) is 20.6. The summed E-state index contributed by atoms with van der Waals surface area (Å²) in [5.74, 6) is 2.62. The summed E-state index contributed by atoms with van der Waals surface area (Å²) in [6.07, 6.45) is 0. The van der Waals surface area contributed by atoms with Crippen LogP contribution in [0.25, 0.3) is 21.9 Å². The molecule has 0 atom stereocenters. The number of carbonyl (C=O) groups is 1.